The largest absolute Gasteiger partial charge is 0.406 e. The van der Waals surface area contributed by atoms with Crippen LogP contribution in [0.25, 0.3) is 11.3 Å². The molecule has 1 amide bonds. The molecule has 0 saturated carbocycles. The molecule has 0 aliphatic heterocycles. The summed E-state index contributed by atoms with van der Waals surface area (Å²) in [7, 11) is -0.993. The molecule has 3 heterocycles. The maximum atomic E-state index is 14.1. The monoisotopic (exact) mass is 733 g/mol. The van der Waals surface area contributed by atoms with E-state index < -0.39 is 14.4 Å². The van der Waals surface area contributed by atoms with Crippen molar-refractivity contribution in [3.63, 3.8) is 0 Å². The number of rotatable bonds is 15. The van der Waals surface area contributed by atoms with E-state index in [0.29, 0.717) is 43.4 Å². The lowest BCUT2D eigenvalue weighted by Gasteiger charge is -2.43. The first kappa shape index (κ1) is 36.8. The Balaban J connectivity index is 1.31. The van der Waals surface area contributed by atoms with Crippen molar-refractivity contribution >= 4 is 47.6 Å². The van der Waals surface area contributed by atoms with Crippen LogP contribution in [0, 0.1) is 5.82 Å². The van der Waals surface area contributed by atoms with Gasteiger partial charge in [0.25, 0.3) is 8.32 Å². The van der Waals surface area contributed by atoms with Gasteiger partial charge in [0.05, 0.1) is 36.1 Å². The quantitative estimate of drug-likeness (QED) is 0.104. The van der Waals surface area contributed by atoms with E-state index >= 15 is 0 Å². The Morgan fingerprint density at radius 1 is 0.942 bits per heavy atom. The van der Waals surface area contributed by atoms with Crippen LogP contribution < -0.4 is 26.3 Å². The number of hydrogen-bond donors (Lipinski definition) is 3. The highest BCUT2D eigenvalue weighted by Gasteiger charge is 2.50. The van der Waals surface area contributed by atoms with Gasteiger partial charge in [-0.1, -0.05) is 93.6 Å². The van der Waals surface area contributed by atoms with Crippen LogP contribution in [-0.2, 0) is 28.7 Å². The predicted octanol–water partition coefficient (Wildman–Crippen LogP) is 6.50. The molecule has 12 heteroatoms. The zero-order chi connectivity index (χ0) is 36.6. The third-order valence-corrected chi connectivity index (χ3v) is 14.7. The van der Waals surface area contributed by atoms with Gasteiger partial charge < -0.3 is 15.1 Å². The van der Waals surface area contributed by atoms with Crippen molar-refractivity contribution < 1.29 is 13.6 Å². The first-order valence-corrected chi connectivity index (χ1v) is 20.1. The Hall–Kier alpha value is -5.01. The SMILES string of the molecule is CNc1cc(-c2cc(NC(=O)C(Cc3ccc(F)cc3)NCc3cscn3)n(CCO[Si](c3ccccc3)(c3ccccc3)C(C)(C)C)n2)ccn1. The number of pyridine rings is 1. The molecule has 1 atom stereocenters. The van der Waals surface area contributed by atoms with Crippen molar-refractivity contribution in [3.8, 4) is 11.3 Å². The predicted molar refractivity (Wildman–Crippen MR) is 210 cm³/mol. The zero-order valence-electron chi connectivity index (χ0n) is 29.8. The molecule has 0 saturated heterocycles. The zero-order valence-corrected chi connectivity index (χ0v) is 31.7. The first-order valence-electron chi connectivity index (χ1n) is 17.3. The standard InChI is InChI=1S/C40H44FN7O2SSi/c1-40(2,3)52(33-11-7-5-8-12-33,34-13-9-6-10-14-34)50-22-21-48-38(25-35(47-48)30-19-20-43-37(24-30)42-4)46-39(49)36(44-26-32-27-51-28-45-32)23-29-15-17-31(41)18-16-29/h5-20,24-25,27-28,36,44H,21-23,26H2,1-4H3,(H,42,43)(H,46,49). The minimum absolute atomic E-state index is 0.195. The number of aromatic nitrogens is 4. The molecule has 1 unspecified atom stereocenters. The minimum atomic E-state index is -2.81. The molecule has 0 fully saturated rings. The van der Waals surface area contributed by atoms with E-state index in [0.717, 1.165) is 16.8 Å². The van der Waals surface area contributed by atoms with Gasteiger partial charge in [-0.05, 0) is 51.7 Å². The van der Waals surface area contributed by atoms with Gasteiger partial charge in [0.2, 0.25) is 5.91 Å². The van der Waals surface area contributed by atoms with Gasteiger partial charge in [0, 0.05) is 36.8 Å². The number of halogens is 1. The summed E-state index contributed by atoms with van der Waals surface area (Å²) in [5.41, 5.74) is 4.97. The van der Waals surface area contributed by atoms with Crippen LogP contribution in [0.4, 0.5) is 16.0 Å². The van der Waals surface area contributed by atoms with E-state index in [1.54, 1.807) is 28.5 Å². The molecule has 0 bridgehead atoms. The molecule has 0 aliphatic rings. The molecule has 9 nitrogen and oxygen atoms in total. The molecule has 0 spiro atoms. The average molecular weight is 734 g/mol. The summed E-state index contributed by atoms with van der Waals surface area (Å²) >= 11 is 1.50. The lowest BCUT2D eigenvalue weighted by molar-refractivity contribution is -0.118. The first-order chi connectivity index (χ1) is 25.2. The number of nitrogens with zero attached hydrogens (tertiary/aromatic N) is 4. The summed E-state index contributed by atoms with van der Waals surface area (Å²) in [6.07, 6.45) is 2.08. The number of carbonyl (C=O) groups excluding carboxylic acids is 1. The molecular formula is C40H44FN7O2SSi. The van der Waals surface area contributed by atoms with Gasteiger partial charge in [-0.3, -0.25) is 10.1 Å². The second-order valence-corrected chi connectivity index (χ2v) is 18.6. The number of carbonyl (C=O) groups is 1. The highest BCUT2D eigenvalue weighted by molar-refractivity contribution is 7.07. The fourth-order valence-corrected chi connectivity index (χ4v) is 11.6. The molecule has 3 aromatic carbocycles. The molecule has 3 aromatic heterocycles. The smallest absolute Gasteiger partial charge is 0.261 e. The van der Waals surface area contributed by atoms with Crippen LogP contribution >= 0.6 is 11.3 Å². The van der Waals surface area contributed by atoms with E-state index in [9.17, 15) is 9.18 Å². The Bertz CT molecular complexity index is 2000. The van der Waals surface area contributed by atoms with E-state index in [1.165, 1.54) is 33.8 Å². The van der Waals surface area contributed by atoms with Crippen LogP contribution in [0.2, 0.25) is 5.04 Å². The van der Waals surface area contributed by atoms with Crippen molar-refractivity contribution in [1.29, 1.82) is 0 Å². The topological polar surface area (TPSA) is 106 Å². The number of hydrogen-bond acceptors (Lipinski definition) is 8. The third kappa shape index (κ3) is 8.53. The van der Waals surface area contributed by atoms with Crippen LogP contribution in [0.3, 0.4) is 0 Å². The van der Waals surface area contributed by atoms with E-state index in [4.69, 9.17) is 9.52 Å². The Labute approximate surface area is 309 Å². The fourth-order valence-electron chi connectivity index (χ4n) is 6.48. The molecule has 6 aromatic rings. The summed E-state index contributed by atoms with van der Waals surface area (Å²) in [4.78, 5) is 22.9. The number of amides is 1. The summed E-state index contributed by atoms with van der Waals surface area (Å²) in [6, 6.07) is 32.3. The second kappa shape index (κ2) is 16.6. The maximum absolute atomic E-state index is 14.1. The molecule has 0 radical (unpaired) electrons. The lowest BCUT2D eigenvalue weighted by Crippen LogP contribution is -2.66. The van der Waals surface area contributed by atoms with Crippen molar-refractivity contribution in [3.05, 3.63) is 137 Å². The van der Waals surface area contributed by atoms with Gasteiger partial charge in [-0.15, -0.1) is 11.3 Å². The second-order valence-electron chi connectivity index (χ2n) is 13.6. The van der Waals surface area contributed by atoms with Crippen molar-refractivity contribution in [1.82, 2.24) is 25.1 Å². The fraction of sp³-hybridized carbons (Fsp3) is 0.250. The average Bonchev–Trinajstić information content (AvgIpc) is 3.83. The van der Waals surface area contributed by atoms with E-state index in [1.807, 2.05) is 42.8 Å². The lowest BCUT2D eigenvalue weighted by atomic mass is 10.0. The minimum Gasteiger partial charge on any atom is -0.406 e. The third-order valence-electron chi connectivity index (χ3n) is 9.06. The summed E-state index contributed by atoms with van der Waals surface area (Å²) in [5.74, 6) is 0.673. The normalized spacial score (nSPS) is 12.4. The van der Waals surface area contributed by atoms with Crippen molar-refractivity contribution in [2.24, 2.45) is 0 Å². The number of nitrogens with one attached hydrogen (secondary N) is 3. The highest BCUT2D eigenvalue weighted by atomic mass is 32.1. The Kier molecular flexibility index (Phi) is 11.7. The van der Waals surface area contributed by atoms with Gasteiger partial charge in [0.1, 0.15) is 17.5 Å². The molecule has 0 aliphatic carbocycles. The Morgan fingerprint density at radius 3 is 2.25 bits per heavy atom. The molecule has 52 heavy (non-hydrogen) atoms. The molecule has 3 N–H and O–H groups in total. The van der Waals surface area contributed by atoms with Gasteiger partial charge >= 0.3 is 0 Å². The summed E-state index contributed by atoms with van der Waals surface area (Å²) < 4.78 is 22.7. The van der Waals surface area contributed by atoms with Gasteiger partial charge in [-0.25, -0.2) is 19.0 Å². The van der Waals surface area contributed by atoms with E-state index in [2.05, 4.69) is 95.2 Å². The molecule has 6 rings (SSSR count). The summed E-state index contributed by atoms with van der Waals surface area (Å²) in [5, 5.41) is 18.7. The van der Waals surface area contributed by atoms with Crippen LogP contribution in [0.1, 0.15) is 32.0 Å². The van der Waals surface area contributed by atoms with Gasteiger partial charge in [0.15, 0.2) is 0 Å². The van der Waals surface area contributed by atoms with Crippen molar-refractivity contribution in [2.45, 2.75) is 51.4 Å². The van der Waals surface area contributed by atoms with E-state index in [-0.39, 0.29) is 16.8 Å². The number of benzene rings is 3. The number of thiazole rings is 1. The van der Waals surface area contributed by atoms with Gasteiger partial charge in [-0.2, -0.15) is 5.10 Å². The van der Waals surface area contributed by atoms with Crippen LogP contribution in [0.15, 0.2) is 120 Å². The molecule has 268 valence electrons. The maximum Gasteiger partial charge on any atom is 0.261 e. The van der Waals surface area contributed by atoms with Crippen LogP contribution in [-0.4, -0.2) is 53.7 Å². The molecular weight excluding hydrogens is 690 g/mol. The number of anilines is 2. The summed E-state index contributed by atoms with van der Waals surface area (Å²) in [6.45, 7) is 7.90. The highest BCUT2D eigenvalue weighted by Crippen LogP contribution is 2.37. The van der Waals surface area contributed by atoms with Crippen LogP contribution in [0.5, 0.6) is 0 Å². The Morgan fingerprint density at radius 2 is 1.63 bits per heavy atom. The van der Waals surface area contributed by atoms with Crippen molar-refractivity contribution in [2.75, 3.05) is 24.3 Å².